The summed E-state index contributed by atoms with van der Waals surface area (Å²) in [5.41, 5.74) is 0.559. The van der Waals surface area contributed by atoms with E-state index in [0.717, 1.165) is 62.7 Å². The molecule has 3 fully saturated rings. The van der Waals surface area contributed by atoms with Crippen LogP contribution >= 0.6 is 0 Å². The number of aliphatic hydroxyl groups excluding tert-OH is 1. The summed E-state index contributed by atoms with van der Waals surface area (Å²) >= 11 is 0. The van der Waals surface area contributed by atoms with Crippen molar-refractivity contribution in [3.05, 3.63) is 23.0 Å². The molecular formula is C23H31N4O2+. The molecule has 0 unspecified atom stereocenters. The van der Waals surface area contributed by atoms with Crippen LogP contribution in [0.25, 0.3) is 0 Å². The maximum absolute atomic E-state index is 10.8. The van der Waals surface area contributed by atoms with Crippen molar-refractivity contribution in [1.82, 2.24) is 4.98 Å². The van der Waals surface area contributed by atoms with Crippen molar-refractivity contribution in [2.24, 2.45) is 11.8 Å². The number of aryl methyl sites for hydroxylation is 1. The summed E-state index contributed by atoms with van der Waals surface area (Å²) < 4.78 is 0. The Balaban J connectivity index is 1.87. The van der Waals surface area contributed by atoms with Crippen molar-refractivity contribution in [2.75, 3.05) is 0 Å². The first-order valence-electron chi connectivity index (χ1n) is 11.0. The lowest BCUT2D eigenvalue weighted by Gasteiger charge is -2.58. The van der Waals surface area contributed by atoms with E-state index in [4.69, 9.17) is 0 Å². The number of hydrogen-bond donors (Lipinski definition) is 3. The Kier molecular flexibility index (Phi) is 5.27. The molecule has 1 saturated heterocycles. The smallest absolute Gasteiger partial charge is 0.189 e. The molecule has 0 amide bonds. The summed E-state index contributed by atoms with van der Waals surface area (Å²) in [6.07, 6.45) is 10.6. The van der Waals surface area contributed by atoms with Gasteiger partial charge in [0.1, 0.15) is 24.4 Å². The number of aromatic hydroxyl groups is 1. The molecule has 0 aromatic carbocycles. The summed E-state index contributed by atoms with van der Waals surface area (Å²) in [6.45, 7) is 1.92. The second-order valence-corrected chi connectivity index (χ2v) is 9.30. The molecule has 2 aliphatic carbocycles. The van der Waals surface area contributed by atoms with E-state index in [9.17, 15) is 20.7 Å². The first-order valence-corrected chi connectivity index (χ1v) is 11.0. The monoisotopic (exact) mass is 395 g/mol. The van der Waals surface area contributed by atoms with Crippen LogP contribution in [0.15, 0.2) is 6.20 Å². The number of fused-ring (bicyclic) bond motifs is 2. The highest BCUT2D eigenvalue weighted by atomic mass is 16.3. The summed E-state index contributed by atoms with van der Waals surface area (Å²) in [7, 11) is 0. The zero-order valence-electron chi connectivity index (χ0n) is 17.2. The number of quaternary nitrogens is 1. The van der Waals surface area contributed by atoms with Gasteiger partial charge in [-0.1, -0.05) is 12.8 Å². The number of nitrogens with zero attached hydrogens (tertiary/aromatic N) is 3. The average Bonchev–Trinajstić information content (AvgIpc) is 2.76. The van der Waals surface area contributed by atoms with Gasteiger partial charge >= 0.3 is 0 Å². The molecule has 29 heavy (non-hydrogen) atoms. The van der Waals surface area contributed by atoms with Gasteiger partial charge in [0.05, 0.1) is 17.9 Å². The van der Waals surface area contributed by atoms with Crippen LogP contribution < -0.4 is 4.90 Å². The van der Waals surface area contributed by atoms with Crippen LogP contribution in [-0.2, 0) is 13.2 Å². The van der Waals surface area contributed by atoms with Gasteiger partial charge < -0.3 is 10.2 Å². The fraction of sp³-hybridized carbons (Fsp3) is 0.696. The van der Waals surface area contributed by atoms with E-state index in [1.54, 1.807) is 13.1 Å². The van der Waals surface area contributed by atoms with E-state index in [-0.39, 0.29) is 12.4 Å². The van der Waals surface area contributed by atoms with Crippen LogP contribution in [0.4, 0.5) is 0 Å². The fourth-order valence-corrected chi connectivity index (χ4v) is 6.60. The third-order valence-electron chi connectivity index (χ3n) is 8.14. The Morgan fingerprint density at radius 3 is 2.21 bits per heavy atom. The number of piperidine rings is 1. The molecular weight excluding hydrogens is 364 g/mol. The maximum Gasteiger partial charge on any atom is 0.189 e. The number of pyridine rings is 1. The molecule has 2 saturated carbocycles. The Morgan fingerprint density at radius 2 is 1.69 bits per heavy atom. The van der Waals surface area contributed by atoms with E-state index in [2.05, 4.69) is 17.1 Å². The highest BCUT2D eigenvalue weighted by Gasteiger charge is 2.65. The van der Waals surface area contributed by atoms with Gasteiger partial charge in [0, 0.05) is 36.4 Å². The van der Waals surface area contributed by atoms with E-state index in [1.165, 1.54) is 0 Å². The molecule has 1 aromatic heterocycles. The van der Waals surface area contributed by atoms with E-state index in [0.29, 0.717) is 35.2 Å². The molecule has 4 atom stereocenters. The zero-order chi connectivity index (χ0) is 20.6. The molecule has 6 nitrogen and oxygen atoms in total. The van der Waals surface area contributed by atoms with Gasteiger partial charge in [-0.15, -0.1) is 0 Å². The summed E-state index contributed by atoms with van der Waals surface area (Å²) in [6, 6.07) is 5.41. The Bertz CT molecular complexity index is 833. The van der Waals surface area contributed by atoms with Gasteiger partial charge in [-0.25, -0.2) is 0 Å². The van der Waals surface area contributed by atoms with Crippen molar-refractivity contribution in [2.45, 2.75) is 88.9 Å². The maximum atomic E-state index is 10.8. The Hall–Kier alpha value is -2.15. The van der Waals surface area contributed by atoms with Crippen molar-refractivity contribution in [1.29, 1.82) is 10.5 Å². The van der Waals surface area contributed by atoms with Gasteiger partial charge in [0.15, 0.2) is 11.1 Å². The summed E-state index contributed by atoms with van der Waals surface area (Å²) in [5.74, 6) is 0.683. The number of nitriles is 2. The molecule has 6 heteroatoms. The topological polar surface area (TPSA) is 105 Å². The fourth-order valence-electron chi connectivity index (χ4n) is 6.60. The number of hydrogen-bond acceptors (Lipinski definition) is 5. The zero-order valence-corrected chi connectivity index (χ0v) is 17.2. The highest BCUT2D eigenvalue weighted by molar-refractivity contribution is 5.40. The number of likely N-dealkylation sites (tertiary alicyclic amines) is 1. The van der Waals surface area contributed by atoms with Gasteiger partial charge in [0.25, 0.3) is 0 Å². The van der Waals surface area contributed by atoms with E-state index >= 15 is 0 Å². The lowest BCUT2D eigenvalue weighted by molar-refractivity contribution is -1.01. The molecule has 1 aromatic rings. The van der Waals surface area contributed by atoms with Crippen LogP contribution in [0.5, 0.6) is 5.75 Å². The van der Waals surface area contributed by atoms with Crippen molar-refractivity contribution >= 4 is 0 Å². The first-order chi connectivity index (χ1) is 14.0. The highest BCUT2D eigenvalue weighted by Crippen LogP contribution is 2.47. The quantitative estimate of drug-likeness (QED) is 0.728. The number of rotatable bonds is 3. The number of aromatic nitrogens is 1. The van der Waals surface area contributed by atoms with E-state index in [1.807, 2.05) is 0 Å². The second-order valence-electron chi connectivity index (χ2n) is 9.30. The minimum Gasteiger partial charge on any atom is -0.506 e. The number of nitrogens with one attached hydrogen (secondary N) is 1. The van der Waals surface area contributed by atoms with Gasteiger partial charge in [-0.05, 0) is 39.0 Å². The van der Waals surface area contributed by atoms with Crippen LogP contribution in [-0.4, -0.2) is 26.3 Å². The predicted molar refractivity (Wildman–Crippen MR) is 106 cm³/mol. The van der Waals surface area contributed by atoms with Gasteiger partial charge in [-0.2, -0.15) is 10.5 Å². The van der Waals surface area contributed by atoms with Gasteiger partial charge in [0.2, 0.25) is 0 Å². The third kappa shape index (κ3) is 2.93. The molecule has 4 rings (SSSR count). The van der Waals surface area contributed by atoms with Crippen molar-refractivity contribution in [3.63, 3.8) is 0 Å². The molecule has 3 aliphatic rings. The molecule has 0 spiro atoms. The minimum absolute atomic E-state index is 0.0931. The van der Waals surface area contributed by atoms with Gasteiger partial charge in [-0.3, -0.25) is 9.88 Å². The lowest BCUT2D eigenvalue weighted by atomic mass is 9.57. The standard InChI is InChI=1S/C23H30N4O2/c1-16-21(29)20(17(13-28)11-26-16)12-27-22(14-24)8-4-2-6-18(22)10-19-7-3-5-9-23(19,27)15-25/h11,18-19,28-29H,2-10,12-13H2,1H3/p+1/t18-,19-,22-,23-/m1/s1. The first kappa shape index (κ1) is 20.1. The van der Waals surface area contributed by atoms with Crippen LogP contribution in [0.1, 0.15) is 74.6 Å². The van der Waals surface area contributed by atoms with Crippen molar-refractivity contribution < 1.29 is 15.1 Å². The summed E-state index contributed by atoms with van der Waals surface area (Å²) in [4.78, 5) is 5.21. The van der Waals surface area contributed by atoms with Crippen LogP contribution in [0.2, 0.25) is 0 Å². The van der Waals surface area contributed by atoms with Crippen LogP contribution in [0.3, 0.4) is 0 Å². The third-order valence-corrected chi connectivity index (χ3v) is 8.14. The Labute approximate surface area is 172 Å². The largest absolute Gasteiger partial charge is 0.506 e. The Morgan fingerprint density at radius 1 is 1.10 bits per heavy atom. The number of aliphatic hydroxyl groups is 1. The summed E-state index contributed by atoms with van der Waals surface area (Å²) in [5, 5.41) is 41.6. The molecule has 2 heterocycles. The second kappa shape index (κ2) is 7.59. The normalized spacial score (nSPS) is 36.3. The van der Waals surface area contributed by atoms with E-state index < -0.39 is 11.1 Å². The SMILES string of the molecule is Cc1ncc(CO)c(C[NH+]2[C@@]3(C#N)CCCC[C@@H]3C[C@H]3CCCC[C@@]32C#N)c1O. The average molecular weight is 396 g/mol. The predicted octanol–water partition coefficient (Wildman–Crippen LogP) is 2.28. The van der Waals surface area contributed by atoms with Crippen molar-refractivity contribution in [3.8, 4) is 17.9 Å². The molecule has 1 aliphatic heterocycles. The van der Waals surface area contributed by atoms with Crippen LogP contribution in [0, 0.1) is 41.4 Å². The molecule has 3 N–H and O–H groups in total. The lowest BCUT2D eigenvalue weighted by Crippen LogP contribution is -3.28. The minimum atomic E-state index is -0.599. The molecule has 0 bridgehead atoms. The molecule has 154 valence electrons. The molecule has 0 radical (unpaired) electrons.